The Labute approximate surface area is 147 Å². The minimum Gasteiger partial charge on any atom is -0.497 e. The minimum atomic E-state index is -0.383. The van der Waals surface area contributed by atoms with Crippen molar-refractivity contribution in [2.45, 2.75) is 13.5 Å². The van der Waals surface area contributed by atoms with Gasteiger partial charge in [-0.15, -0.1) is 11.3 Å². The number of thiazole rings is 1. The number of benzene rings is 2. The lowest BCUT2D eigenvalue weighted by atomic mass is 10.2. The summed E-state index contributed by atoms with van der Waals surface area (Å²) in [6, 6.07) is 12.6. The van der Waals surface area contributed by atoms with Crippen molar-refractivity contribution in [2.75, 3.05) is 7.11 Å². The molecule has 0 radical (unpaired) electrons. The number of nitrogens with zero attached hydrogens (tertiary/aromatic N) is 3. The van der Waals surface area contributed by atoms with E-state index in [0.29, 0.717) is 6.54 Å². The zero-order valence-electron chi connectivity index (χ0n) is 13.7. The molecule has 0 aliphatic rings. The molecule has 0 N–H and O–H groups in total. The second kappa shape index (κ2) is 5.86. The molecule has 0 saturated heterocycles. The predicted octanol–water partition coefficient (Wildman–Crippen LogP) is 4.52. The SMILES string of the molecule is COc1ccc2c(c1)c1nc(C)sc1n2Cc1ccc([N+](=O)[O-])cc1. The van der Waals surface area contributed by atoms with E-state index in [9.17, 15) is 10.1 Å². The molecule has 0 spiro atoms. The number of methoxy groups -OCH3 is 1. The van der Waals surface area contributed by atoms with Crippen LogP contribution in [0.5, 0.6) is 5.75 Å². The van der Waals surface area contributed by atoms with E-state index in [1.54, 1.807) is 42.7 Å². The maximum Gasteiger partial charge on any atom is 0.269 e. The topological polar surface area (TPSA) is 70.2 Å². The number of nitro benzene ring substituents is 1. The van der Waals surface area contributed by atoms with Crippen LogP contribution in [0.1, 0.15) is 10.6 Å². The van der Waals surface area contributed by atoms with Gasteiger partial charge in [0.25, 0.3) is 5.69 Å². The molecule has 0 atom stereocenters. The Bertz CT molecular complexity index is 1100. The number of hydrogen-bond acceptors (Lipinski definition) is 5. The highest BCUT2D eigenvalue weighted by Gasteiger charge is 2.16. The second-order valence-electron chi connectivity index (χ2n) is 5.78. The first-order chi connectivity index (χ1) is 12.1. The first kappa shape index (κ1) is 15.6. The molecule has 2 aromatic carbocycles. The van der Waals surface area contributed by atoms with Crippen molar-refractivity contribution >= 4 is 38.3 Å². The van der Waals surface area contributed by atoms with E-state index in [1.165, 1.54) is 0 Å². The molecule has 2 aromatic heterocycles. The Morgan fingerprint density at radius 1 is 1.24 bits per heavy atom. The molecule has 126 valence electrons. The molecule has 0 bridgehead atoms. The third kappa shape index (κ3) is 2.62. The maximum absolute atomic E-state index is 10.8. The Morgan fingerprint density at radius 2 is 2.00 bits per heavy atom. The average Bonchev–Trinajstić information content (AvgIpc) is 3.12. The van der Waals surface area contributed by atoms with Crippen LogP contribution < -0.4 is 4.74 Å². The van der Waals surface area contributed by atoms with Gasteiger partial charge in [-0.3, -0.25) is 10.1 Å². The normalized spacial score (nSPS) is 11.3. The quantitative estimate of drug-likeness (QED) is 0.399. The highest BCUT2D eigenvalue weighted by molar-refractivity contribution is 7.18. The van der Waals surface area contributed by atoms with E-state index in [2.05, 4.69) is 9.55 Å². The Kier molecular flexibility index (Phi) is 3.65. The van der Waals surface area contributed by atoms with Crippen molar-refractivity contribution in [1.82, 2.24) is 9.55 Å². The summed E-state index contributed by atoms with van der Waals surface area (Å²) in [6.07, 6.45) is 0. The highest BCUT2D eigenvalue weighted by atomic mass is 32.1. The molecular weight excluding hydrogens is 338 g/mol. The van der Waals surface area contributed by atoms with Crippen LogP contribution in [0.2, 0.25) is 0 Å². The van der Waals surface area contributed by atoms with Gasteiger partial charge in [-0.25, -0.2) is 4.98 Å². The summed E-state index contributed by atoms with van der Waals surface area (Å²) < 4.78 is 7.55. The Hall–Kier alpha value is -2.93. The number of rotatable bonds is 4. The molecule has 0 fully saturated rings. The molecule has 6 nitrogen and oxygen atoms in total. The van der Waals surface area contributed by atoms with Crippen molar-refractivity contribution in [3.63, 3.8) is 0 Å². The predicted molar refractivity (Wildman–Crippen MR) is 98.6 cm³/mol. The number of aromatic nitrogens is 2. The van der Waals surface area contributed by atoms with Crippen LogP contribution in [0.4, 0.5) is 5.69 Å². The molecule has 25 heavy (non-hydrogen) atoms. The van der Waals surface area contributed by atoms with Crippen molar-refractivity contribution in [3.8, 4) is 5.75 Å². The van der Waals surface area contributed by atoms with Crippen LogP contribution in [-0.2, 0) is 6.54 Å². The van der Waals surface area contributed by atoms with Crippen LogP contribution in [-0.4, -0.2) is 21.6 Å². The van der Waals surface area contributed by atoms with Gasteiger partial charge >= 0.3 is 0 Å². The molecule has 0 saturated carbocycles. The zero-order valence-corrected chi connectivity index (χ0v) is 14.5. The van der Waals surface area contributed by atoms with Crippen LogP contribution in [0.3, 0.4) is 0 Å². The Morgan fingerprint density at radius 3 is 2.68 bits per heavy atom. The Balaban J connectivity index is 1.85. The second-order valence-corrected chi connectivity index (χ2v) is 6.96. The lowest BCUT2D eigenvalue weighted by Gasteiger charge is -2.07. The van der Waals surface area contributed by atoms with Gasteiger partial charge in [-0.1, -0.05) is 12.1 Å². The highest BCUT2D eigenvalue weighted by Crippen LogP contribution is 2.35. The average molecular weight is 353 g/mol. The van der Waals surface area contributed by atoms with Crippen molar-refractivity contribution in [2.24, 2.45) is 0 Å². The third-order valence-corrected chi connectivity index (χ3v) is 5.19. The fourth-order valence-electron chi connectivity index (χ4n) is 3.01. The first-order valence-corrected chi connectivity index (χ1v) is 8.55. The minimum absolute atomic E-state index is 0.102. The van der Waals surface area contributed by atoms with E-state index in [0.717, 1.165) is 37.6 Å². The van der Waals surface area contributed by atoms with Gasteiger partial charge in [0.15, 0.2) is 0 Å². The molecule has 7 heteroatoms. The summed E-state index contributed by atoms with van der Waals surface area (Å²) >= 11 is 1.65. The summed E-state index contributed by atoms with van der Waals surface area (Å²) in [5, 5.41) is 12.9. The molecule has 2 heterocycles. The van der Waals surface area contributed by atoms with Crippen molar-refractivity contribution < 1.29 is 9.66 Å². The summed E-state index contributed by atoms with van der Waals surface area (Å²) in [6.45, 7) is 2.62. The van der Waals surface area contributed by atoms with Gasteiger partial charge in [0.05, 0.1) is 22.6 Å². The number of nitro groups is 1. The number of fused-ring (bicyclic) bond motifs is 3. The van der Waals surface area contributed by atoms with Gasteiger partial charge in [0.1, 0.15) is 16.1 Å². The van der Waals surface area contributed by atoms with Gasteiger partial charge in [0, 0.05) is 24.1 Å². The van der Waals surface area contributed by atoms with Crippen LogP contribution in [0, 0.1) is 17.0 Å². The summed E-state index contributed by atoms with van der Waals surface area (Å²) in [5.74, 6) is 0.799. The maximum atomic E-state index is 10.8. The van der Waals surface area contributed by atoms with Gasteiger partial charge in [-0.05, 0) is 30.7 Å². The number of ether oxygens (including phenoxy) is 1. The fraction of sp³-hybridized carbons (Fsp3) is 0.167. The van der Waals surface area contributed by atoms with E-state index < -0.39 is 0 Å². The summed E-state index contributed by atoms with van der Waals surface area (Å²) in [4.78, 5) is 16.2. The van der Waals surface area contributed by atoms with Gasteiger partial charge < -0.3 is 9.30 Å². The van der Waals surface area contributed by atoms with Crippen molar-refractivity contribution in [1.29, 1.82) is 0 Å². The van der Waals surface area contributed by atoms with E-state index in [4.69, 9.17) is 4.74 Å². The number of hydrogen-bond donors (Lipinski definition) is 0. The van der Waals surface area contributed by atoms with Gasteiger partial charge in [0.2, 0.25) is 0 Å². The first-order valence-electron chi connectivity index (χ1n) is 7.73. The van der Waals surface area contributed by atoms with E-state index in [1.807, 2.05) is 25.1 Å². The number of non-ortho nitro benzene ring substituents is 1. The van der Waals surface area contributed by atoms with E-state index in [-0.39, 0.29) is 10.6 Å². The lowest BCUT2D eigenvalue weighted by molar-refractivity contribution is -0.384. The molecule has 0 aliphatic heterocycles. The fourth-order valence-corrected chi connectivity index (χ4v) is 3.96. The largest absolute Gasteiger partial charge is 0.497 e. The molecular formula is C18H15N3O3S. The zero-order chi connectivity index (χ0) is 17.6. The van der Waals surface area contributed by atoms with Crippen molar-refractivity contribution in [3.05, 3.63) is 63.1 Å². The molecule has 4 rings (SSSR count). The third-order valence-electron chi connectivity index (χ3n) is 4.20. The monoisotopic (exact) mass is 353 g/mol. The molecule has 0 aliphatic carbocycles. The standard InChI is InChI=1S/C18H15N3O3S/c1-11-19-17-15-9-14(24-2)7-8-16(15)20(18(17)25-11)10-12-3-5-13(6-4-12)21(22)23/h3-9H,10H2,1-2H3. The van der Waals surface area contributed by atoms with Crippen LogP contribution in [0.15, 0.2) is 42.5 Å². The summed E-state index contributed by atoms with van der Waals surface area (Å²) in [7, 11) is 1.65. The lowest BCUT2D eigenvalue weighted by Crippen LogP contribution is -1.99. The van der Waals surface area contributed by atoms with E-state index >= 15 is 0 Å². The van der Waals surface area contributed by atoms with Crippen LogP contribution in [0.25, 0.3) is 21.3 Å². The molecule has 4 aromatic rings. The smallest absolute Gasteiger partial charge is 0.269 e. The molecule has 0 unspecified atom stereocenters. The molecule has 0 amide bonds. The summed E-state index contributed by atoms with van der Waals surface area (Å²) in [5.41, 5.74) is 3.15. The van der Waals surface area contributed by atoms with Gasteiger partial charge in [-0.2, -0.15) is 0 Å². The van der Waals surface area contributed by atoms with Crippen LogP contribution >= 0.6 is 11.3 Å². The number of aryl methyl sites for hydroxylation is 1.